The molecule has 0 aliphatic heterocycles. The minimum atomic E-state index is -3.78. The summed E-state index contributed by atoms with van der Waals surface area (Å²) >= 11 is 0. The predicted octanol–water partition coefficient (Wildman–Crippen LogP) is 1.45. The smallest absolute Gasteiger partial charge is 0.264 e. The normalized spacial score (nSPS) is 11.9. The molecule has 104 valence electrons. The van der Waals surface area contributed by atoms with Crippen molar-refractivity contribution in [1.29, 1.82) is 0 Å². The predicted molar refractivity (Wildman–Crippen MR) is 68.9 cm³/mol. The molecule has 0 aliphatic carbocycles. The number of hydrogen-bond acceptors (Lipinski definition) is 4. The molecule has 0 rings (SSSR count). The third kappa shape index (κ3) is 15.8. The van der Waals surface area contributed by atoms with Crippen LogP contribution in [0.3, 0.4) is 0 Å². The Bertz CT molecular complexity index is 254. The van der Waals surface area contributed by atoms with Crippen LogP contribution >= 0.6 is 0 Å². The number of unbranched alkanes of at least 4 members (excludes halogenated alkanes) is 2. The van der Waals surface area contributed by atoms with Crippen molar-refractivity contribution in [3.8, 4) is 0 Å². The molecule has 0 aromatic rings. The van der Waals surface area contributed by atoms with Gasteiger partial charge >= 0.3 is 0 Å². The van der Waals surface area contributed by atoms with Crippen LogP contribution in [0.2, 0.25) is 0 Å². The first-order valence-electron chi connectivity index (χ1n) is 6.30. The van der Waals surface area contributed by atoms with Gasteiger partial charge in [-0.1, -0.05) is 13.3 Å². The van der Waals surface area contributed by atoms with Crippen LogP contribution in [-0.2, 0) is 14.9 Å². The van der Waals surface area contributed by atoms with E-state index in [4.69, 9.17) is 9.29 Å². The van der Waals surface area contributed by atoms with Gasteiger partial charge in [-0.3, -0.25) is 4.55 Å². The Labute approximate surface area is 105 Å². The summed E-state index contributed by atoms with van der Waals surface area (Å²) in [4.78, 5) is 0. The Kier molecular flexibility index (Phi) is 10.8. The van der Waals surface area contributed by atoms with Gasteiger partial charge < -0.3 is 10.1 Å². The Hall–Kier alpha value is -0.170. The SMILES string of the molecule is CCCCOCCCNCCCCS(=O)(=O)O. The highest BCUT2D eigenvalue weighted by Crippen LogP contribution is 1.93. The lowest BCUT2D eigenvalue weighted by Gasteiger charge is -2.05. The van der Waals surface area contributed by atoms with Gasteiger partial charge in [-0.25, -0.2) is 0 Å². The molecule has 0 fully saturated rings. The average molecular weight is 267 g/mol. The molecular weight excluding hydrogens is 242 g/mol. The highest BCUT2D eigenvalue weighted by molar-refractivity contribution is 7.85. The van der Waals surface area contributed by atoms with Crippen molar-refractivity contribution in [3.05, 3.63) is 0 Å². The first-order valence-corrected chi connectivity index (χ1v) is 7.91. The van der Waals surface area contributed by atoms with E-state index in [1.165, 1.54) is 0 Å². The lowest BCUT2D eigenvalue weighted by Crippen LogP contribution is -2.19. The summed E-state index contributed by atoms with van der Waals surface area (Å²) in [6.07, 6.45) is 4.51. The third-order valence-electron chi connectivity index (χ3n) is 2.29. The zero-order valence-corrected chi connectivity index (χ0v) is 11.5. The quantitative estimate of drug-likeness (QED) is 0.413. The van der Waals surface area contributed by atoms with E-state index in [1.54, 1.807) is 0 Å². The second-order valence-electron chi connectivity index (χ2n) is 4.06. The summed E-state index contributed by atoms with van der Waals surface area (Å²) in [5, 5.41) is 3.21. The minimum absolute atomic E-state index is 0.144. The van der Waals surface area contributed by atoms with Gasteiger partial charge in [-0.15, -0.1) is 0 Å². The first kappa shape index (κ1) is 16.8. The van der Waals surface area contributed by atoms with Gasteiger partial charge in [0.05, 0.1) is 5.75 Å². The molecule has 0 bridgehead atoms. The van der Waals surface area contributed by atoms with Crippen molar-refractivity contribution < 1.29 is 17.7 Å². The monoisotopic (exact) mass is 267 g/mol. The summed E-state index contributed by atoms with van der Waals surface area (Å²) in [5.41, 5.74) is 0. The van der Waals surface area contributed by atoms with Crippen LogP contribution < -0.4 is 5.32 Å². The van der Waals surface area contributed by atoms with E-state index in [0.717, 1.165) is 52.0 Å². The van der Waals surface area contributed by atoms with Crippen LogP contribution in [0.1, 0.15) is 39.0 Å². The molecule has 0 saturated heterocycles. The maximum Gasteiger partial charge on any atom is 0.264 e. The van der Waals surface area contributed by atoms with E-state index in [9.17, 15) is 8.42 Å². The lowest BCUT2D eigenvalue weighted by molar-refractivity contribution is 0.129. The zero-order valence-electron chi connectivity index (χ0n) is 10.7. The van der Waals surface area contributed by atoms with E-state index >= 15 is 0 Å². The fourth-order valence-corrected chi connectivity index (χ4v) is 1.88. The van der Waals surface area contributed by atoms with E-state index in [1.807, 2.05) is 0 Å². The third-order valence-corrected chi connectivity index (χ3v) is 3.09. The van der Waals surface area contributed by atoms with Gasteiger partial charge in [0.25, 0.3) is 10.1 Å². The number of rotatable bonds is 12. The molecule has 0 unspecified atom stereocenters. The Morgan fingerprint density at radius 2 is 1.71 bits per heavy atom. The summed E-state index contributed by atoms with van der Waals surface area (Å²) in [6.45, 7) is 5.42. The molecule has 0 radical (unpaired) electrons. The van der Waals surface area contributed by atoms with Gasteiger partial charge in [0.2, 0.25) is 0 Å². The first-order chi connectivity index (χ1) is 8.06. The minimum Gasteiger partial charge on any atom is -0.381 e. The van der Waals surface area contributed by atoms with Crippen molar-refractivity contribution in [2.75, 3.05) is 32.1 Å². The van der Waals surface area contributed by atoms with E-state index in [-0.39, 0.29) is 5.75 Å². The Morgan fingerprint density at radius 1 is 1.06 bits per heavy atom. The highest BCUT2D eigenvalue weighted by Gasteiger charge is 2.02. The molecule has 0 aliphatic rings. The van der Waals surface area contributed by atoms with Crippen molar-refractivity contribution in [2.24, 2.45) is 0 Å². The average Bonchev–Trinajstić information content (AvgIpc) is 2.24. The summed E-state index contributed by atoms with van der Waals surface area (Å²) in [7, 11) is -3.78. The summed E-state index contributed by atoms with van der Waals surface area (Å²) < 4.78 is 34.7. The van der Waals surface area contributed by atoms with Gasteiger partial charge in [0, 0.05) is 13.2 Å². The van der Waals surface area contributed by atoms with Crippen molar-refractivity contribution in [1.82, 2.24) is 5.32 Å². The molecular formula is C11H25NO4S. The Morgan fingerprint density at radius 3 is 2.35 bits per heavy atom. The molecule has 0 atom stereocenters. The fraction of sp³-hybridized carbons (Fsp3) is 1.00. The largest absolute Gasteiger partial charge is 0.381 e. The molecule has 6 heteroatoms. The van der Waals surface area contributed by atoms with Crippen molar-refractivity contribution in [3.63, 3.8) is 0 Å². The van der Waals surface area contributed by atoms with E-state index < -0.39 is 10.1 Å². The second kappa shape index (κ2) is 11.0. The van der Waals surface area contributed by atoms with Crippen molar-refractivity contribution >= 4 is 10.1 Å². The zero-order chi connectivity index (χ0) is 13.0. The van der Waals surface area contributed by atoms with Crippen LogP contribution in [0.4, 0.5) is 0 Å². The lowest BCUT2D eigenvalue weighted by atomic mass is 10.3. The standard InChI is InChI=1S/C11H25NO4S/c1-2-3-9-16-10-6-8-12-7-4-5-11-17(13,14)15/h12H,2-11H2,1H3,(H,13,14,15). The molecule has 0 heterocycles. The molecule has 17 heavy (non-hydrogen) atoms. The molecule has 0 aromatic heterocycles. The highest BCUT2D eigenvalue weighted by atomic mass is 32.2. The van der Waals surface area contributed by atoms with E-state index in [2.05, 4.69) is 12.2 Å². The molecule has 0 amide bonds. The molecule has 0 aromatic carbocycles. The number of ether oxygens (including phenoxy) is 1. The van der Waals surface area contributed by atoms with Crippen LogP contribution in [0.5, 0.6) is 0 Å². The molecule has 2 N–H and O–H groups in total. The molecule has 5 nitrogen and oxygen atoms in total. The van der Waals surface area contributed by atoms with Crippen LogP contribution in [0.15, 0.2) is 0 Å². The van der Waals surface area contributed by atoms with Gasteiger partial charge in [-0.2, -0.15) is 8.42 Å². The van der Waals surface area contributed by atoms with Gasteiger partial charge in [0.1, 0.15) is 0 Å². The fourth-order valence-electron chi connectivity index (χ4n) is 1.31. The maximum atomic E-state index is 10.4. The number of hydrogen-bond donors (Lipinski definition) is 2. The summed E-state index contributed by atoms with van der Waals surface area (Å²) in [6, 6.07) is 0. The topological polar surface area (TPSA) is 75.6 Å². The van der Waals surface area contributed by atoms with Gasteiger partial charge in [0.15, 0.2) is 0 Å². The van der Waals surface area contributed by atoms with Crippen LogP contribution in [0.25, 0.3) is 0 Å². The molecule has 0 spiro atoms. The van der Waals surface area contributed by atoms with Gasteiger partial charge in [-0.05, 0) is 38.8 Å². The summed E-state index contributed by atoms with van der Waals surface area (Å²) in [5.74, 6) is -0.144. The molecule has 0 saturated carbocycles. The van der Waals surface area contributed by atoms with Crippen LogP contribution in [-0.4, -0.2) is 45.0 Å². The Balaban J connectivity index is 3.04. The number of nitrogens with one attached hydrogen (secondary N) is 1. The second-order valence-corrected chi connectivity index (χ2v) is 5.63. The van der Waals surface area contributed by atoms with Crippen molar-refractivity contribution in [2.45, 2.75) is 39.0 Å². The maximum absolute atomic E-state index is 10.4. The van der Waals surface area contributed by atoms with Crippen LogP contribution in [0, 0.1) is 0 Å². The van der Waals surface area contributed by atoms with E-state index in [0.29, 0.717) is 6.42 Å².